The average Bonchev–Trinajstić information content (AvgIpc) is 2.70. The maximum absolute atomic E-state index is 13.9. The first-order valence-electron chi connectivity index (χ1n) is 8.55. The van der Waals surface area contributed by atoms with Crippen molar-refractivity contribution in [2.45, 2.75) is 6.92 Å². The molecule has 0 saturated carbocycles. The molecule has 0 bridgehead atoms. The number of halogens is 1. The molecule has 0 unspecified atom stereocenters. The number of fused-ring (bicyclic) bond motifs is 1. The summed E-state index contributed by atoms with van der Waals surface area (Å²) in [6, 6.07) is 24.8. The zero-order valence-corrected chi connectivity index (χ0v) is 15.6. The number of rotatable bonds is 3. The van der Waals surface area contributed by atoms with Crippen molar-refractivity contribution in [2.24, 2.45) is 4.76 Å². The van der Waals surface area contributed by atoms with Crippen molar-refractivity contribution in [3.8, 4) is 0 Å². The Bertz CT molecular complexity index is 1120. The first kappa shape index (κ1) is 17.6. The Morgan fingerprint density at radius 1 is 0.852 bits per heavy atom. The first-order chi connectivity index (χ1) is 13.1. The van der Waals surface area contributed by atoms with Crippen LogP contribution < -0.4 is 16.0 Å². The van der Waals surface area contributed by atoms with Crippen LogP contribution in [0.5, 0.6) is 0 Å². The van der Waals surface area contributed by atoms with Gasteiger partial charge in [0.25, 0.3) is 0 Å². The van der Waals surface area contributed by atoms with E-state index in [1.165, 1.54) is 12.1 Å². The number of hydrogen-bond acceptors (Lipinski definition) is 3. The molecule has 3 nitrogen and oxygen atoms in total. The van der Waals surface area contributed by atoms with E-state index in [0.717, 1.165) is 10.6 Å². The van der Waals surface area contributed by atoms with Crippen LogP contribution in [-0.2, 0) is 0 Å². The van der Waals surface area contributed by atoms with E-state index in [4.69, 9.17) is 9.18 Å². The Morgan fingerprint density at radius 2 is 1.44 bits per heavy atom. The minimum atomic E-state index is -3.07. The molecule has 0 aliphatic carbocycles. The van der Waals surface area contributed by atoms with E-state index in [0.29, 0.717) is 22.1 Å². The molecule has 1 N–H and O–H groups in total. The van der Waals surface area contributed by atoms with Crippen LogP contribution in [0.3, 0.4) is 0 Å². The fraction of sp³-hybridized carbons (Fsp3) is 0.0455. The van der Waals surface area contributed by atoms with Gasteiger partial charge in [-0.3, -0.25) is 0 Å². The molecular formula is C22H18FNO2P+. The van der Waals surface area contributed by atoms with Gasteiger partial charge in [0.2, 0.25) is 0 Å². The zero-order chi connectivity index (χ0) is 18.9. The lowest BCUT2D eigenvalue weighted by molar-refractivity contribution is 0.561. The summed E-state index contributed by atoms with van der Waals surface area (Å²) in [5, 5.41) is 2.51. The van der Waals surface area contributed by atoms with Crippen molar-refractivity contribution in [2.75, 3.05) is 0 Å². The molecule has 0 radical (unpaired) electrons. The van der Waals surface area contributed by atoms with Gasteiger partial charge in [-0.1, -0.05) is 41.2 Å². The Balaban J connectivity index is 2.06. The third kappa shape index (κ3) is 3.42. The van der Waals surface area contributed by atoms with Crippen molar-refractivity contribution in [1.29, 1.82) is 0 Å². The summed E-state index contributed by atoms with van der Waals surface area (Å²) < 4.78 is 24.3. The van der Waals surface area contributed by atoms with Crippen molar-refractivity contribution in [3.63, 3.8) is 0 Å². The third-order valence-corrected chi connectivity index (χ3v) is 6.85. The smallest absolute Gasteiger partial charge is 0.323 e. The van der Waals surface area contributed by atoms with E-state index in [-0.39, 0.29) is 5.82 Å². The summed E-state index contributed by atoms with van der Waals surface area (Å²) in [6.45, 7) is 1.81. The highest BCUT2D eigenvalue weighted by atomic mass is 31.2. The van der Waals surface area contributed by atoms with E-state index < -0.39 is 7.64 Å². The first-order valence-corrected chi connectivity index (χ1v) is 10.2. The molecule has 0 aliphatic rings. The Kier molecular flexibility index (Phi) is 4.61. The van der Waals surface area contributed by atoms with Crippen LogP contribution in [0.2, 0.25) is 0 Å². The van der Waals surface area contributed by atoms with Crippen LogP contribution in [0.1, 0.15) is 5.76 Å². The van der Waals surface area contributed by atoms with Crippen molar-refractivity contribution in [1.82, 2.24) is 0 Å². The minimum Gasteiger partial charge on any atom is -0.461 e. The van der Waals surface area contributed by atoms with Gasteiger partial charge in [0, 0.05) is 11.5 Å². The molecule has 5 heteroatoms. The highest BCUT2D eigenvalue weighted by Gasteiger charge is 2.42. The number of nitrogens with zero attached hydrogens (tertiary/aromatic N) is 1. The summed E-state index contributed by atoms with van der Waals surface area (Å²) in [7, 11) is -3.07. The number of hydrogen-bond donors (Lipinski definition) is 1. The highest BCUT2D eigenvalue weighted by Crippen LogP contribution is 2.53. The summed E-state index contributed by atoms with van der Waals surface area (Å²) in [5.41, 5.74) is 0.530. The monoisotopic (exact) mass is 378 g/mol. The Labute approximate surface area is 156 Å². The van der Waals surface area contributed by atoms with E-state index in [1.807, 2.05) is 67.6 Å². The molecule has 4 rings (SSSR count). The second-order valence-electron chi connectivity index (χ2n) is 6.26. The molecule has 1 aromatic heterocycles. The van der Waals surface area contributed by atoms with Gasteiger partial charge in [-0.2, -0.15) is 0 Å². The van der Waals surface area contributed by atoms with E-state index in [1.54, 1.807) is 12.1 Å². The van der Waals surface area contributed by atoms with Gasteiger partial charge in [-0.15, -0.1) is 0 Å². The third-order valence-electron chi connectivity index (χ3n) is 4.31. The summed E-state index contributed by atoms with van der Waals surface area (Å²) in [6.07, 6.45) is 0. The molecule has 0 aliphatic heterocycles. The molecule has 134 valence electrons. The molecule has 0 atom stereocenters. The molecule has 3 aromatic carbocycles. The van der Waals surface area contributed by atoms with Crippen molar-refractivity contribution < 1.29 is 13.7 Å². The second kappa shape index (κ2) is 7.07. The van der Waals surface area contributed by atoms with Crippen LogP contribution in [0.4, 0.5) is 4.39 Å². The van der Waals surface area contributed by atoms with E-state index in [2.05, 4.69) is 0 Å². The largest absolute Gasteiger partial charge is 0.461 e. The molecule has 4 aromatic rings. The molecule has 0 amide bonds. The standard InChI is InChI=1S/C22H18FNO2P/c1-16-14-21(20-15-17(23)12-13-22(20)26-16)24-27(25,18-8-4-2-5-9-18)19-10-6-3-7-11-19/h2-15,25H,1H3/q+1. The highest BCUT2D eigenvalue weighted by molar-refractivity contribution is 7.83. The maximum Gasteiger partial charge on any atom is 0.323 e. The predicted molar refractivity (Wildman–Crippen MR) is 108 cm³/mol. The van der Waals surface area contributed by atoms with Crippen molar-refractivity contribution >= 4 is 29.2 Å². The molecule has 0 saturated heterocycles. The van der Waals surface area contributed by atoms with Crippen LogP contribution in [0.15, 0.2) is 94.1 Å². The van der Waals surface area contributed by atoms with Gasteiger partial charge < -0.3 is 4.42 Å². The Hall–Kier alpha value is -2.81. The van der Waals surface area contributed by atoms with Crippen LogP contribution in [0, 0.1) is 12.7 Å². The van der Waals surface area contributed by atoms with E-state index in [9.17, 15) is 9.28 Å². The second-order valence-corrected chi connectivity index (χ2v) is 8.69. The van der Waals surface area contributed by atoms with Crippen molar-refractivity contribution in [3.05, 3.63) is 102 Å². The molecule has 0 spiro atoms. The summed E-state index contributed by atoms with van der Waals surface area (Å²) in [4.78, 5) is 11.7. The molecular weight excluding hydrogens is 360 g/mol. The number of benzene rings is 3. The topological polar surface area (TPSA) is 45.7 Å². The SMILES string of the molecule is Cc1cc(=N[P+](O)(c2ccccc2)c2ccccc2)c2cc(F)ccc2o1. The summed E-state index contributed by atoms with van der Waals surface area (Å²) >= 11 is 0. The lowest BCUT2D eigenvalue weighted by Gasteiger charge is -2.14. The molecule has 27 heavy (non-hydrogen) atoms. The van der Waals surface area contributed by atoms with Crippen LogP contribution in [-0.4, -0.2) is 4.89 Å². The zero-order valence-electron chi connectivity index (χ0n) is 14.7. The van der Waals surface area contributed by atoms with Gasteiger partial charge >= 0.3 is 7.64 Å². The molecule has 1 heterocycles. The molecule has 0 fully saturated rings. The fourth-order valence-electron chi connectivity index (χ4n) is 3.04. The van der Waals surface area contributed by atoms with Gasteiger partial charge in [0.1, 0.15) is 22.5 Å². The maximum atomic E-state index is 13.9. The predicted octanol–water partition coefficient (Wildman–Crippen LogP) is 4.27. The van der Waals surface area contributed by atoms with E-state index >= 15 is 0 Å². The fourth-order valence-corrected chi connectivity index (χ4v) is 5.22. The minimum absolute atomic E-state index is 0.376. The quantitative estimate of drug-likeness (QED) is 0.541. The lowest BCUT2D eigenvalue weighted by Crippen LogP contribution is -2.22. The van der Waals surface area contributed by atoms with Gasteiger partial charge in [0.05, 0.1) is 0 Å². The van der Waals surface area contributed by atoms with Gasteiger partial charge in [0.15, 0.2) is 10.6 Å². The average molecular weight is 378 g/mol. The number of aryl methyl sites for hydroxylation is 1. The van der Waals surface area contributed by atoms with Gasteiger partial charge in [-0.25, -0.2) is 9.28 Å². The normalized spacial score (nSPS) is 12.5. The Morgan fingerprint density at radius 3 is 2.04 bits per heavy atom. The van der Waals surface area contributed by atoms with Crippen LogP contribution in [0.25, 0.3) is 11.0 Å². The van der Waals surface area contributed by atoms with Crippen LogP contribution >= 0.6 is 7.64 Å². The van der Waals surface area contributed by atoms with Gasteiger partial charge in [-0.05, 0) is 49.4 Å². The summed E-state index contributed by atoms with van der Waals surface area (Å²) in [5.74, 6) is 0.264. The lowest BCUT2D eigenvalue weighted by atomic mass is 10.2.